The fourth-order valence-corrected chi connectivity index (χ4v) is 2.91. The first-order chi connectivity index (χ1) is 11.1. The van der Waals surface area contributed by atoms with Crippen LogP contribution in [0.25, 0.3) is 0 Å². The molecule has 0 aromatic heterocycles. The van der Waals surface area contributed by atoms with E-state index in [4.69, 9.17) is 14.2 Å². The minimum absolute atomic E-state index is 0.0875. The smallest absolute Gasteiger partial charge is 0.351 e. The summed E-state index contributed by atoms with van der Waals surface area (Å²) in [5.74, 6) is 0.395. The van der Waals surface area contributed by atoms with Crippen LogP contribution in [0.2, 0.25) is 0 Å². The number of benzene rings is 1. The van der Waals surface area contributed by atoms with Crippen LogP contribution in [0.3, 0.4) is 0 Å². The quantitative estimate of drug-likeness (QED) is 0.795. The van der Waals surface area contributed by atoms with Gasteiger partial charge >= 0.3 is 5.97 Å². The first kappa shape index (κ1) is 15.6. The van der Waals surface area contributed by atoms with Gasteiger partial charge in [0, 0.05) is 12.6 Å². The van der Waals surface area contributed by atoms with Gasteiger partial charge in [0.25, 0.3) is 5.91 Å². The lowest BCUT2D eigenvalue weighted by Crippen LogP contribution is -2.45. The summed E-state index contributed by atoms with van der Waals surface area (Å²) < 4.78 is 16.2. The van der Waals surface area contributed by atoms with Crippen LogP contribution >= 0.6 is 0 Å². The number of hydrogen-bond acceptors (Lipinski definition) is 5. The van der Waals surface area contributed by atoms with Gasteiger partial charge in [-0.25, -0.2) is 4.79 Å². The summed E-state index contributed by atoms with van der Waals surface area (Å²) in [6, 6.07) is 7.35. The van der Waals surface area contributed by atoms with E-state index in [2.05, 4.69) is 0 Å². The summed E-state index contributed by atoms with van der Waals surface area (Å²) >= 11 is 0. The van der Waals surface area contributed by atoms with Crippen LogP contribution < -0.4 is 9.47 Å². The monoisotopic (exact) mass is 319 g/mol. The highest BCUT2D eigenvalue weighted by Crippen LogP contribution is 2.31. The zero-order valence-corrected chi connectivity index (χ0v) is 13.2. The Morgan fingerprint density at radius 1 is 1.26 bits per heavy atom. The molecule has 2 heterocycles. The SMILES string of the molecule is C[C@@H]1CCCCN1C(=O)COC(=O)[C@@H]1COc2ccccc2O1. The molecular formula is C17H21NO5. The van der Waals surface area contributed by atoms with Gasteiger partial charge in [0.05, 0.1) is 0 Å². The maximum Gasteiger partial charge on any atom is 0.351 e. The van der Waals surface area contributed by atoms with E-state index >= 15 is 0 Å². The topological polar surface area (TPSA) is 65.1 Å². The van der Waals surface area contributed by atoms with Crippen LogP contribution in [0.5, 0.6) is 11.5 Å². The molecule has 1 fully saturated rings. The second kappa shape index (κ2) is 6.89. The number of para-hydroxylation sites is 2. The molecule has 6 heteroatoms. The molecule has 1 amide bonds. The summed E-state index contributed by atoms with van der Waals surface area (Å²) in [5, 5.41) is 0. The highest BCUT2D eigenvalue weighted by molar-refractivity contribution is 5.82. The molecule has 0 spiro atoms. The van der Waals surface area contributed by atoms with Crippen LogP contribution in [-0.2, 0) is 14.3 Å². The summed E-state index contributed by atoms with van der Waals surface area (Å²) in [6.45, 7) is 2.59. The molecule has 0 unspecified atom stereocenters. The van der Waals surface area contributed by atoms with Crippen LogP contribution in [0.4, 0.5) is 0 Å². The molecule has 1 saturated heterocycles. The van der Waals surface area contributed by atoms with Gasteiger partial charge in [0.1, 0.15) is 6.61 Å². The van der Waals surface area contributed by atoms with Gasteiger partial charge in [0.15, 0.2) is 18.1 Å². The number of piperidine rings is 1. The highest BCUT2D eigenvalue weighted by Gasteiger charge is 2.30. The van der Waals surface area contributed by atoms with E-state index in [1.807, 2.05) is 13.0 Å². The third-order valence-corrected chi connectivity index (χ3v) is 4.23. The summed E-state index contributed by atoms with van der Waals surface area (Å²) in [5.41, 5.74) is 0. The predicted octanol–water partition coefficient (Wildman–Crippen LogP) is 1.77. The van der Waals surface area contributed by atoms with Crippen LogP contribution in [-0.4, -0.2) is 48.7 Å². The average molecular weight is 319 g/mol. The van der Waals surface area contributed by atoms with Crippen molar-refractivity contribution in [3.63, 3.8) is 0 Å². The van der Waals surface area contributed by atoms with Gasteiger partial charge in [-0.1, -0.05) is 12.1 Å². The van der Waals surface area contributed by atoms with Crippen LogP contribution in [0.1, 0.15) is 26.2 Å². The number of esters is 1. The summed E-state index contributed by atoms with van der Waals surface area (Å²) in [7, 11) is 0. The number of carbonyl (C=O) groups excluding carboxylic acids is 2. The maximum atomic E-state index is 12.2. The fraction of sp³-hybridized carbons (Fsp3) is 0.529. The predicted molar refractivity (Wildman–Crippen MR) is 82.3 cm³/mol. The Kier molecular flexibility index (Phi) is 4.69. The van der Waals surface area contributed by atoms with Gasteiger partial charge in [-0.3, -0.25) is 4.79 Å². The first-order valence-corrected chi connectivity index (χ1v) is 8.00. The number of likely N-dealkylation sites (tertiary alicyclic amines) is 1. The molecule has 0 radical (unpaired) electrons. The lowest BCUT2D eigenvalue weighted by molar-refractivity contribution is -0.161. The van der Waals surface area contributed by atoms with Crippen LogP contribution in [0, 0.1) is 0 Å². The minimum atomic E-state index is -0.837. The molecule has 0 bridgehead atoms. The lowest BCUT2D eigenvalue weighted by Gasteiger charge is -2.33. The van der Waals surface area contributed by atoms with E-state index in [9.17, 15) is 9.59 Å². The molecule has 3 rings (SSSR count). The highest BCUT2D eigenvalue weighted by atomic mass is 16.6. The van der Waals surface area contributed by atoms with Crippen molar-refractivity contribution in [1.82, 2.24) is 4.90 Å². The van der Waals surface area contributed by atoms with E-state index in [0.717, 1.165) is 25.8 Å². The third-order valence-electron chi connectivity index (χ3n) is 4.23. The van der Waals surface area contributed by atoms with E-state index in [1.54, 1.807) is 23.1 Å². The number of carbonyl (C=O) groups is 2. The minimum Gasteiger partial charge on any atom is -0.485 e. The van der Waals surface area contributed by atoms with E-state index < -0.39 is 12.1 Å². The van der Waals surface area contributed by atoms with Crippen molar-refractivity contribution in [3.8, 4) is 11.5 Å². The van der Waals surface area contributed by atoms with Gasteiger partial charge < -0.3 is 19.1 Å². The second-order valence-corrected chi connectivity index (χ2v) is 5.90. The molecule has 0 aliphatic carbocycles. The number of rotatable bonds is 3. The molecule has 124 valence electrons. The van der Waals surface area contributed by atoms with Gasteiger partial charge in [-0.05, 0) is 38.3 Å². The largest absolute Gasteiger partial charge is 0.485 e. The van der Waals surface area contributed by atoms with E-state index in [1.165, 1.54) is 0 Å². The van der Waals surface area contributed by atoms with Crippen molar-refractivity contribution in [1.29, 1.82) is 0 Å². The Morgan fingerprint density at radius 3 is 2.83 bits per heavy atom. The Balaban J connectivity index is 1.51. The molecular weight excluding hydrogens is 298 g/mol. The Labute approximate surface area is 135 Å². The zero-order valence-electron chi connectivity index (χ0n) is 13.2. The van der Waals surface area contributed by atoms with E-state index in [0.29, 0.717) is 11.5 Å². The molecule has 6 nitrogen and oxygen atoms in total. The first-order valence-electron chi connectivity index (χ1n) is 8.00. The van der Waals surface area contributed by atoms with Gasteiger partial charge in [-0.15, -0.1) is 0 Å². The van der Waals surface area contributed by atoms with Crippen molar-refractivity contribution in [3.05, 3.63) is 24.3 Å². The average Bonchev–Trinajstić information content (AvgIpc) is 2.59. The summed E-state index contributed by atoms with van der Waals surface area (Å²) in [6.07, 6.45) is 2.30. The number of hydrogen-bond donors (Lipinski definition) is 0. The second-order valence-electron chi connectivity index (χ2n) is 5.90. The lowest BCUT2D eigenvalue weighted by atomic mass is 10.0. The molecule has 0 N–H and O–H groups in total. The number of fused-ring (bicyclic) bond motifs is 1. The van der Waals surface area contributed by atoms with Crippen molar-refractivity contribution in [2.75, 3.05) is 19.8 Å². The van der Waals surface area contributed by atoms with Crippen molar-refractivity contribution in [2.24, 2.45) is 0 Å². The van der Waals surface area contributed by atoms with Gasteiger partial charge in [0.2, 0.25) is 6.10 Å². The third kappa shape index (κ3) is 3.57. The Morgan fingerprint density at radius 2 is 2.04 bits per heavy atom. The molecule has 23 heavy (non-hydrogen) atoms. The summed E-state index contributed by atoms with van der Waals surface area (Å²) in [4.78, 5) is 26.0. The van der Waals surface area contributed by atoms with Gasteiger partial charge in [-0.2, -0.15) is 0 Å². The van der Waals surface area contributed by atoms with E-state index in [-0.39, 0.29) is 25.2 Å². The number of nitrogens with zero attached hydrogens (tertiary/aromatic N) is 1. The fourth-order valence-electron chi connectivity index (χ4n) is 2.91. The maximum absolute atomic E-state index is 12.2. The molecule has 2 aliphatic rings. The Hall–Kier alpha value is -2.24. The van der Waals surface area contributed by atoms with Crippen molar-refractivity contribution < 1.29 is 23.8 Å². The molecule has 1 aromatic rings. The molecule has 1 aromatic carbocycles. The van der Waals surface area contributed by atoms with Crippen LogP contribution in [0.15, 0.2) is 24.3 Å². The normalized spacial score (nSPS) is 23.3. The standard InChI is InChI=1S/C17H21NO5/c1-12-6-4-5-9-18(12)16(19)11-22-17(20)15-10-21-13-7-2-3-8-14(13)23-15/h2-3,7-8,12,15H,4-6,9-11H2,1H3/t12-,15+/m1/s1. The number of amides is 1. The number of ether oxygens (including phenoxy) is 3. The Bertz CT molecular complexity index is 588. The zero-order chi connectivity index (χ0) is 16.2. The molecule has 0 saturated carbocycles. The van der Waals surface area contributed by atoms with Crippen molar-refractivity contribution in [2.45, 2.75) is 38.3 Å². The molecule has 2 atom stereocenters. The van der Waals surface area contributed by atoms with Crippen molar-refractivity contribution >= 4 is 11.9 Å². The molecule has 2 aliphatic heterocycles.